The Hall–Kier alpha value is -2.34. The van der Waals surface area contributed by atoms with Gasteiger partial charge in [0.25, 0.3) is 0 Å². The van der Waals surface area contributed by atoms with Crippen molar-refractivity contribution in [2.75, 3.05) is 19.7 Å². The molecule has 0 bridgehead atoms. The molecular weight excluding hydrogens is 442 g/mol. The number of hydrogen-bond acceptors (Lipinski definition) is 3. The van der Waals surface area contributed by atoms with Crippen LogP contribution in [0.5, 0.6) is 5.75 Å². The average Bonchev–Trinajstić information content (AvgIpc) is 3.22. The number of H-pyrrole nitrogens is 1. The zero-order chi connectivity index (χ0) is 20.9. The van der Waals surface area contributed by atoms with Crippen LogP contribution in [0.25, 0.3) is 11.0 Å². The summed E-state index contributed by atoms with van der Waals surface area (Å²) in [6.07, 6.45) is 4.17. The molecule has 2 heterocycles. The Morgan fingerprint density at radius 1 is 1.23 bits per heavy atom. The van der Waals surface area contributed by atoms with Gasteiger partial charge in [0.15, 0.2) is 0 Å². The van der Waals surface area contributed by atoms with Crippen LogP contribution in [0.2, 0.25) is 0 Å². The highest BCUT2D eigenvalue weighted by molar-refractivity contribution is 9.10. The molecule has 1 aliphatic rings. The number of fused-ring (bicyclic) bond motifs is 1. The Morgan fingerprint density at radius 2 is 2.03 bits per heavy atom. The molecule has 1 aromatic heterocycles. The van der Waals surface area contributed by atoms with Crippen LogP contribution in [0, 0.1) is 0 Å². The first-order valence-electron chi connectivity index (χ1n) is 10.8. The molecule has 0 aliphatic carbocycles. The summed E-state index contributed by atoms with van der Waals surface area (Å²) in [4.78, 5) is 22.8. The van der Waals surface area contributed by atoms with Gasteiger partial charge in [0.05, 0.1) is 22.1 Å². The summed E-state index contributed by atoms with van der Waals surface area (Å²) < 4.78 is 6.82. The van der Waals surface area contributed by atoms with Crippen LogP contribution in [0.1, 0.15) is 49.9 Å². The summed E-state index contributed by atoms with van der Waals surface area (Å²) in [7, 11) is 0. The number of carbonyl (C=O) groups excluding carboxylic acids is 1. The van der Waals surface area contributed by atoms with Crippen molar-refractivity contribution in [3.63, 3.8) is 0 Å². The molecule has 1 saturated heterocycles. The van der Waals surface area contributed by atoms with Gasteiger partial charge in [0.1, 0.15) is 11.6 Å². The third kappa shape index (κ3) is 4.86. The monoisotopic (exact) mass is 469 g/mol. The topological polar surface area (TPSA) is 58.2 Å². The van der Waals surface area contributed by atoms with Crippen LogP contribution in [-0.2, 0) is 11.2 Å². The van der Waals surface area contributed by atoms with Crippen molar-refractivity contribution < 1.29 is 9.53 Å². The summed E-state index contributed by atoms with van der Waals surface area (Å²) >= 11 is 3.56. The van der Waals surface area contributed by atoms with Gasteiger partial charge in [-0.05, 0) is 71.4 Å². The average molecular weight is 470 g/mol. The molecule has 0 radical (unpaired) electrons. The van der Waals surface area contributed by atoms with Gasteiger partial charge in [-0.25, -0.2) is 4.98 Å². The van der Waals surface area contributed by atoms with Gasteiger partial charge in [-0.1, -0.05) is 25.1 Å². The van der Waals surface area contributed by atoms with E-state index in [9.17, 15) is 4.79 Å². The molecule has 0 saturated carbocycles. The van der Waals surface area contributed by atoms with E-state index in [2.05, 4.69) is 46.0 Å². The summed E-state index contributed by atoms with van der Waals surface area (Å²) in [6.45, 7) is 4.27. The lowest BCUT2D eigenvalue weighted by Crippen LogP contribution is -2.38. The Morgan fingerprint density at radius 3 is 2.77 bits per heavy atom. The fourth-order valence-corrected chi connectivity index (χ4v) is 4.55. The van der Waals surface area contributed by atoms with E-state index in [0.717, 1.165) is 65.9 Å². The molecule has 0 unspecified atom stereocenters. The highest BCUT2D eigenvalue weighted by atomic mass is 79.9. The predicted octanol–water partition coefficient (Wildman–Crippen LogP) is 5.45. The second kappa shape index (κ2) is 9.65. The number of likely N-dealkylation sites (tertiary alicyclic amines) is 1. The summed E-state index contributed by atoms with van der Waals surface area (Å²) in [5.74, 6) is 2.51. The zero-order valence-electron chi connectivity index (χ0n) is 17.4. The number of benzene rings is 2. The minimum absolute atomic E-state index is 0.224. The maximum absolute atomic E-state index is 12.6. The molecule has 30 heavy (non-hydrogen) atoms. The first-order valence-corrected chi connectivity index (χ1v) is 11.6. The predicted molar refractivity (Wildman–Crippen MR) is 123 cm³/mol. The summed E-state index contributed by atoms with van der Waals surface area (Å²) in [5, 5.41) is 0. The van der Waals surface area contributed by atoms with Crippen LogP contribution in [0.15, 0.2) is 46.9 Å². The number of piperidine rings is 1. The van der Waals surface area contributed by atoms with E-state index >= 15 is 0 Å². The summed E-state index contributed by atoms with van der Waals surface area (Å²) in [6, 6.07) is 14.3. The number of nitrogens with zero attached hydrogens (tertiary/aromatic N) is 2. The molecule has 4 rings (SSSR count). The second-order valence-corrected chi connectivity index (χ2v) is 8.72. The van der Waals surface area contributed by atoms with Crippen molar-refractivity contribution in [3.8, 4) is 5.75 Å². The Bertz CT molecular complexity index is 976. The normalized spacial score (nSPS) is 14.9. The van der Waals surface area contributed by atoms with Crippen molar-refractivity contribution in [2.24, 2.45) is 0 Å². The van der Waals surface area contributed by atoms with Crippen molar-refractivity contribution in [2.45, 2.75) is 44.9 Å². The Balaban J connectivity index is 1.21. The van der Waals surface area contributed by atoms with Crippen molar-refractivity contribution in [1.29, 1.82) is 0 Å². The summed E-state index contributed by atoms with van der Waals surface area (Å²) in [5.41, 5.74) is 3.37. The van der Waals surface area contributed by atoms with E-state index in [1.54, 1.807) is 0 Å². The molecule has 1 fully saturated rings. The molecule has 3 aromatic rings. The van der Waals surface area contributed by atoms with Gasteiger partial charge in [-0.15, -0.1) is 0 Å². The minimum atomic E-state index is 0.224. The number of amides is 1. The van der Waals surface area contributed by atoms with Crippen molar-refractivity contribution in [1.82, 2.24) is 14.9 Å². The number of imidazole rings is 1. The number of rotatable bonds is 7. The lowest BCUT2D eigenvalue weighted by Gasteiger charge is -2.31. The van der Waals surface area contributed by atoms with Crippen LogP contribution in [0.3, 0.4) is 0 Å². The van der Waals surface area contributed by atoms with Crippen LogP contribution < -0.4 is 4.74 Å². The van der Waals surface area contributed by atoms with E-state index in [4.69, 9.17) is 9.72 Å². The van der Waals surface area contributed by atoms with Gasteiger partial charge in [0, 0.05) is 25.4 Å². The number of aryl methyl sites for hydroxylation is 1. The number of nitrogens with one attached hydrogen (secondary N) is 1. The number of ether oxygens (including phenoxy) is 1. The number of carbonyl (C=O) groups is 1. The Kier molecular flexibility index (Phi) is 6.72. The van der Waals surface area contributed by atoms with Crippen LogP contribution in [0.4, 0.5) is 0 Å². The van der Waals surface area contributed by atoms with Gasteiger partial charge in [-0.2, -0.15) is 0 Å². The first kappa shape index (κ1) is 20.9. The smallest absolute Gasteiger partial charge is 0.222 e. The van der Waals surface area contributed by atoms with E-state index in [1.807, 2.05) is 29.2 Å². The fourth-order valence-electron chi connectivity index (χ4n) is 4.01. The molecule has 0 spiro atoms. The molecule has 1 aliphatic heterocycles. The van der Waals surface area contributed by atoms with Gasteiger partial charge in [-0.3, -0.25) is 4.79 Å². The number of para-hydroxylation sites is 2. The van der Waals surface area contributed by atoms with Gasteiger partial charge in [0.2, 0.25) is 5.91 Å². The maximum atomic E-state index is 12.6. The highest BCUT2D eigenvalue weighted by Crippen LogP contribution is 2.28. The van der Waals surface area contributed by atoms with Crippen LogP contribution in [-0.4, -0.2) is 40.5 Å². The third-order valence-electron chi connectivity index (χ3n) is 5.84. The van der Waals surface area contributed by atoms with E-state index < -0.39 is 0 Å². The quantitative estimate of drug-likeness (QED) is 0.467. The number of aromatic amines is 1. The molecule has 1 N–H and O–H groups in total. The van der Waals surface area contributed by atoms with E-state index in [1.165, 1.54) is 5.56 Å². The highest BCUT2D eigenvalue weighted by Gasteiger charge is 2.25. The largest absolute Gasteiger partial charge is 0.492 e. The molecule has 5 nitrogen and oxygen atoms in total. The lowest BCUT2D eigenvalue weighted by atomic mass is 9.96. The van der Waals surface area contributed by atoms with Crippen molar-refractivity contribution in [3.05, 3.63) is 58.3 Å². The molecular formula is C24H28BrN3O2. The molecule has 0 atom stereocenters. The maximum Gasteiger partial charge on any atom is 0.222 e. The standard InChI is InChI=1S/C24H28BrN3O2/c1-2-17-9-10-22(19(25)16-17)30-15-5-8-23(29)28-13-11-18(12-14-28)24-26-20-6-3-4-7-21(20)27-24/h3-4,6-7,9-10,16,18H,2,5,8,11-15H2,1H3,(H,26,27). The molecule has 2 aromatic carbocycles. The number of aromatic nitrogens is 2. The molecule has 158 valence electrons. The lowest BCUT2D eigenvalue weighted by molar-refractivity contribution is -0.132. The van der Waals surface area contributed by atoms with Gasteiger partial charge < -0.3 is 14.6 Å². The minimum Gasteiger partial charge on any atom is -0.492 e. The number of halogens is 1. The SMILES string of the molecule is CCc1ccc(OCCCC(=O)N2CCC(c3nc4ccccc4[nH]3)CC2)c(Br)c1. The number of hydrogen-bond donors (Lipinski definition) is 1. The first-order chi connectivity index (χ1) is 14.6. The third-order valence-corrected chi connectivity index (χ3v) is 6.46. The van der Waals surface area contributed by atoms with Crippen molar-refractivity contribution >= 4 is 32.9 Å². The molecule has 6 heteroatoms. The van der Waals surface area contributed by atoms with Crippen LogP contribution >= 0.6 is 15.9 Å². The van der Waals surface area contributed by atoms with E-state index in [0.29, 0.717) is 18.9 Å². The van der Waals surface area contributed by atoms with E-state index in [-0.39, 0.29) is 5.91 Å². The van der Waals surface area contributed by atoms with Gasteiger partial charge >= 0.3 is 0 Å². The fraction of sp³-hybridized carbons (Fsp3) is 0.417. The second-order valence-electron chi connectivity index (χ2n) is 7.86. The molecule has 1 amide bonds. The zero-order valence-corrected chi connectivity index (χ0v) is 19.0. The Labute approximate surface area is 186 Å².